The molecular formula is C8H6ClF2NO5S. The molecule has 10 heteroatoms. The van der Waals surface area contributed by atoms with Crippen molar-refractivity contribution in [2.24, 2.45) is 0 Å². The minimum atomic E-state index is -4.53. The largest absolute Gasteiger partial charge is 0.490 e. The quantitative estimate of drug-likeness (QED) is 0.484. The second kappa shape index (κ2) is 5.02. The third-order valence-corrected chi connectivity index (χ3v) is 3.40. The Morgan fingerprint density at radius 1 is 1.44 bits per heavy atom. The Hall–Kier alpha value is -1.48. The van der Waals surface area contributed by atoms with E-state index < -0.39 is 42.3 Å². The monoisotopic (exact) mass is 301 g/mol. The molecule has 0 aliphatic heterocycles. The lowest BCUT2D eigenvalue weighted by Gasteiger charge is -2.09. The molecule has 0 spiro atoms. The van der Waals surface area contributed by atoms with Crippen LogP contribution in [0.4, 0.5) is 14.5 Å². The van der Waals surface area contributed by atoms with Gasteiger partial charge >= 0.3 is 5.69 Å². The van der Waals surface area contributed by atoms with Gasteiger partial charge in [0.1, 0.15) is 5.56 Å². The molecule has 1 aromatic rings. The second-order valence-corrected chi connectivity index (χ2v) is 5.56. The van der Waals surface area contributed by atoms with Gasteiger partial charge in [-0.2, -0.15) is 0 Å². The molecule has 0 amide bonds. The summed E-state index contributed by atoms with van der Waals surface area (Å²) in [6.07, 6.45) is -3.39. The summed E-state index contributed by atoms with van der Waals surface area (Å²) in [7, 11) is 1.46. The van der Waals surface area contributed by atoms with Gasteiger partial charge in [-0.1, -0.05) is 0 Å². The van der Waals surface area contributed by atoms with E-state index in [-0.39, 0.29) is 0 Å². The topological polar surface area (TPSA) is 86.5 Å². The third kappa shape index (κ3) is 2.67. The van der Waals surface area contributed by atoms with Gasteiger partial charge in [-0.15, -0.1) is 0 Å². The zero-order chi connectivity index (χ0) is 14.1. The minimum absolute atomic E-state index is 0.473. The number of nitrogens with zero attached hydrogens (tertiary/aromatic N) is 1. The highest BCUT2D eigenvalue weighted by atomic mass is 35.7. The van der Waals surface area contributed by atoms with Gasteiger partial charge in [0, 0.05) is 10.7 Å². The maximum absolute atomic E-state index is 12.8. The standard InChI is InChI=1S/C8H6ClF2NO5S/c1-17-4-2-3-5(18(9,15)16)6(8(10)11)7(4)12(13)14/h2-3,8H,1H3. The number of nitro groups is 1. The zero-order valence-corrected chi connectivity index (χ0v) is 10.3. The number of nitro benzene ring substituents is 1. The highest BCUT2D eigenvalue weighted by Crippen LogP contribution is 2.41. The maximum atomic E-state index is 12.8. The molecule has 0 aliphatic carbocycles. The molecule has 0 aromatic heterocycles. The lowest BCUT2D eigenvalue weighted by Crippen LogP contribution is -2.05. The van der Waals surface area contributed by atoms with Gasteiger partial charge in [-0.25, -0.2) is 17.2 Å². The SMILES string of the molecule is COc1ccc(S(=O)(=O)Cl)c(C(F)F)c1[N+](=O)[O-]. The van der Waals surface area contributed by atoms with Crippen molar-refractivity contribution in [3.05, 3.63) is 27.8 Å². The molecule has 1 aromatic carbocycles. The highest BCUT2D eigenvalue weighted by molar-refractivity contribution is 8.13. The van der Waals surface area contributed by atoms with Crippen molar-refractivity contribution in [2.45, 2.75) is 11.3 Å². The van der Waals surface area contributed by atoms with Crippen molar-refractivity contribution in [3.8, 4) is 5.75 Å². The Morgan fingerprint density at radius 2 is 2.00 bits per heavy atom. The summed E-state index contributed by atoms with van der Waals surface area (Å²) in [6.45, 7) is 0. The van der Waals surface area contributed by atoms with Crippen LogP contribution in [0, 0.1) is 10.1 Å². The molecule has 0 saturated carbocycles. The summed E-state index contributed by atoms with van der Waals surface area (Å²) in [5, 5.41) is 10.7. The molecule has 0 atom stereocenters. The van der Waals surface area contributed by atoms with Gasteiger partial charge in [0.05, 0.1) is 16.9 Å². The maximum Gasteiger partial charge on any atom is 0.321 e. The Labute approximate surface area is 105 Å². The van der Waals surface area contributed by atoms with Crippen LogP contribution in [0.15, 0.2) is 17.0 Å². The van der Waals surface area contributed by atoms with Crippen molar-refractivity contribution in [3.63, 3.8) is 0 Å². The summed E-state index contributed by atoms with van der Waals surface area (Å²) in [5.74, 6) is -0.473. The summed E-state index contributed by atoms with van der Waals surface area (Å²) >= 11 is 0. The van der Waals surface area contributed by atoms with Crippen molar-refractivity contribution < 1.29 is 26.9 Å². The molecule has 0 N–H and O–H groups in total. The Balaban J connectivity index is 3.80. The molecule has 0 radical (unpaired) electrons. The van der Waals surface area contributed by atoms with Crippen LogP contribution in [0.3, 0.4) is 0 Å². The fourth-order valence-electron chi connectivity index (χ4n) is 1.35. The molecule has 0 fully saturated rings. The first-order chi connectivity index (χ1) is 8.20. The lowest BCUT2D eigenvalue weighted by atomic mass is 10.1. The van der Waals surface area contributed by atoms with Gasteiger partial charge < -0.3 is 4.74 Å². The second-order valence-electron chi connectivity index (χ2n) is 3.02. The minimum Gasteiger partial charge on any atom is -0.490 e. The van der Waals surface area contributed by atoms with Crippen molar-refractivity contribution >= 4 is 25.4 Å². The van der Waals surface area contributed by atoms with Crippen LogP contribution in [0.2, 0.25) is 0 Å². The summed E-state index contributed by atoms with van der Waals surface area (Å²) < 4.78 is 52.4. The number of halogens is 3. The molecule has 1 rings (SSSR count). The number of ether oxygens (including phenoxy) is 1. The van der Waals surface area contributed by atoms with E-state index in [4.69, 9.17) is 10.7 Å². The number of rotatable bonds is 4. The van der Waals surface area contributed by atoms with E-state index in [9.17, 15) is 27.3 Å². The zero-order valence-electron chi connectivity index (χ0n) is 8.76. The average molecular weight is 302 g/mol. The molecule has 0 unspecified atom stereocenters. The van der Waals surface area contributed by atoms with Crippen LogP contribution >= 0.6 is 10.7 Å². The van der Waals surface area contributed by atoms with Crippen molar-refractivity contribution in [1.82, 2.24) is 0 Å². The normalized spacial score (nSPS) is 11.6. The Kier molecular flexibility index (Phi) is 4.07. The number of hydrogen-bond donors (Lipinski definition) is 0. The van der Waals surface area contributed by atoms with Crippen LogP contribution in [-0.4, -0.2) is 20.5 Å². The van der Waals surface area contributed by atoms with E-state index in [0.29, 0.717) is 0 Å². The Morgan fingerprint density at radius 3 is 2.33 bits per heavy atom. The molecular weight excluding hydrogens is 296 g/mol. The molecule has 100 valence electrons. The van der Waals surface area contributed by atoms with Gasteiger partial charge in [-0.3, -0.25) is 10.1 Å². The van der Waals surface area contributed by atoms with Crippen LogP contribution in [0.25, 0.3) is 0 Å². The third-order valence-electron chi connectivity index (χ3n) is 2.02. The number of alkyl halides is 2. The van der Waals surface area contributed by atoms with Gasteiger partial charge in [-0.05, 0) is 12.1 Å². The van der Waals surface area contributed by atoms with Crippen LogP contribution < -0.4 is 4.74 Å². The van der Waals surface area contributed by atoms with Crippen molar-refractivity contribution in [2.75, 3.05) is 7.11 Å². The molecule has 0 saturated heterocycles. The summed E-state index contributed by atoms with van der Waals surface area (Å²) in [5.41, 5.74) is -2.40. The summed E-state index contributed by atoms with van der Waals surface area (Å²) in [4.78, 5) is 8.58. The predicted octanol–water partition coefficient (Wildman–Crippen LogP) is 2.47. The first kappa shape index (κ1) is 14.6. The van der Waals surface area contributed by atoms with Crippen LogP contribution in [-0.2, 0) is 9.05 Å². The van der Waals surface area contributed by atoms with Gasteiger partial charge in [0.15, 0.2) is 5.75 Å². The molecule has 0 heterocycles. The van der Waals surface area contributed by atoms with E-state index in [0.717, 1.165) is 19.2 Å². The van der Waals surface area contributed by atoms with E-state index in [2.05, 4.69) is 4.74 Å². The number of methoxy groups -OCH3 is 1. The van der Waals surface area contributed by atoms with Gasteiger partial charge in [0.25, 0.3) is 15.5 Å². The first-order valence-corrected chi connectivity index (χ1v) is 6.59. The molecule has 0 aliphatic rings. The van der Waals surface area contributed by atoms with Crippen molar-refractivity contribution in [1.29, 1.82) is 0 Å². The smallest absolute Gasteiger partial charge is 0.321 e. The van der Waals surface area contributed by atoms with E-state index in [1.807, 2.05) is 0 Å². The fraction of sp³-hybridized carbons (Fsp3) is 0.250. The fourth-order valence-corrected chi connectivity index (χ4v) is 2.43. The van der Waals surface area contributed by atoms with Gasteiger partial charge in [0.2, 0.25) is 0 Å². The van der Waals surface area contributed by atoms with Crippen LogP contribution in [0.5, 0.6) is 5.75 Å². The molecule has 6 nitrogen and oxygen atoms in total. The first-order valence-electron chi connectivity index (χ1n) is 4.28. The predicted molar refractivity (Wildman–Crippen MR) is 57.6 cm³/mol. The summed E-state index contributed by atoms with van der Waals surface area (Å²) in [6, 6.07) is 1.62. The highest BCUT2D eigenvalue weighted by Gasteiger charge is 2.34. The molecule has 0 bridgehead atoms. The van der Waals surface area contributed by atoms with E-state index in [1.54, 1.807) is 0 Å². The van der Waals surface area contributed by atoms with E-state index in [1.165, 1.54) is 0 Å². The molecule has 18 heavy (non-hydrogen) atoms. The number of benzene rings is 1. The lowest BCUT2D eigenvalue weighted by molar-refractivity contribution is -0.387. The van der Waals surface area contributed by atoms with Crippen LogP contribution in [0.1, 0.15) is 12.0 Å². The van der Waals surface area contributed by atoms with E-state index >= 15 is 0 Å². The Bertz CT molecular complexity index is 589. The number of hydrogen-bond acceptors (Lipinski definition) is 5. The average Bonchev–Trinajstić information content (AvgIpc) is 2.25.